The van der Waals surface area contributed by atoms with Gasteiger partial charge in [0.25, 0.3) is 0 Å². The largest absolute Gasteiger partial charge is 3.00 e. The van der Waals surface area contributed by atoms with E-state index in [0.717, 1.165) is 0 Å². The SMILES string of the molecule is [CH3-].[CH3-].[Fe+3].c1cc[cH-]c1. The van der Waals surface area contributed by atoms with Gasteiger partial charge in [-0.05, 0) is 0 Å². The zero-order valence-corrected chi connectivity index (χ0v) is 6.34. The first-order valence-corrected chi connectivity index (χ1v) is 1.67. The summed E-state index contributed by atoms with van der Waals surface area (Å²) in [5, 5.41) is 0. The summed E-state index contributed by atoms with van der Waals surface area (Å²) in [7, 11) is 0. The van der Waals surface area contributed by atoms with Gasteiger partial charge in [0.15, 0.2) is 0 Å². The van der Waals surface area contributed by atoms with E-state index in [2.05, 4.69) is 0 Å². The molecule has 1 rings (SSSR count). The van der Waals surface area contributed by atoms with Gasteiger partial charge in [-0.2, -0.15) is 18.2 Å². The molecule has 0 bridgehead atoms. The third-order valence-electron chi connectivity index (χ3n) is 0.556. The van der Waals surface area contributed by atoms with Crippen LogP contribution in [-0.4, -0.2) is 0 Å². The van der Waals surface area contributed by atoms with Crippen LogP contribution < -0.4 is 0 Å². The van der Waals surface area contributed by atoms with Crippen LogP contribution >= 0.6 is 0 Å². The molecule has 1 heteroatoms. The minimum absolute atomic E-state index is 0. The van der Waals surface area contributed by atoms with E-state index in [1.54, 1.807) is 0 Å². The predicted molar refractivity (Wildman–Crippen MR) is 34.9 cm³/mol. The second kappa shape index (κ2) is 9.98. The molecule has 0 fully saturated rings. The van der Waals surface area contributed by atoms with Gasteiger partial charge in [-0.1, -0.05) is 0 Å². The maximum absolute atomic E-state index is 2.00. The van der Waals surface area contributed by atoms with E-state index in [1.807, 2.05) is 30.3 Å². The molecule has 1 aromatic rings. The van der Waals surface area contributed by atoms with Crippen molar-refractivity contribution in [2.24, 2.45) is 0 Å². The van der Waals surface area contributed by atoms with Gasteiger partial charge in [0.05, 0.1) is 0 Å². The van der Waals surface area contributed by atoms with E-state index in [1.165, 1.54) is 0 Å². The van der Waals surface area contributed by atoms with Crippen LogP contribution in [0.5, 0.6) is 0 Å². The Kier molecular flexibility index (Phi) is 19.5. The van der Waals surface area contributed by atoms with Crippen LogP contribution in [-0.2, 0) is 17.1 Å². The van der Waals surface area contributed by atoms with Crippen molar-refractivity contribution in [2.45, 2.75) is 0 Å². The van der Waals surface area contributed by atoms with Crippen molar-refractivity contribution in [1.82, 2.24) is 0 Å². The summed E-state index contributed by atoms with van der Waals surface area (Å²) in [6, 6.07) is 10.0. The van der Waals surface area contributed by atoms with Crippen molar-refractivity contribution in [3.63, 3.8) is 0 Å². The molecule has 0 aromatic heterocycles. The van der Waals surface area contributed by atoms with Crippen LogP contribution in [0.2, 0.25) is 0 Å². The fourth-order valence-electron chi connectivity index (χ4n) is 0.321. The minimum Gasteiger partial charge on any atom is -0.358 e. The Hall–Kier alpha value is -0.131. The maximum atomic E-state index is 2.00. The van der Waals surface area contributed by atoms with E-state index in [-0.39, 0.29) is 31.9 Å². The van der Waals surface area contributed by atoms with E-state index in [9.17, 15) is 0 Å². The average molecular weight is 151 g/mol. The van der Waals surface area contributed by atoms with E-state index in [4.69, 9.17) is 0 Å². The topological polar surface area (TPSA) is 0 Å². The van der Waals surface area contributed by atoms with E-state index >= 15 is 0 Å². The Bertz CT molecular complexity index is 60.9. The Morgan fingerprint density at radius 2 is 1.25 bits per heavy atom. The van der Waals surface area contributed by atoms with Gasteiger partial charge in [0, 0.05) is 0 Å². The van der Waals surface area contributed by atoms with Gasteiger partial charge in [-0.25, -0.2) is 12.1 Å². The van der Waals surface area contributed by atoms with Gasteiger partial charge in [0.1, 0.15) is 0 Å². The van der Waals surface area contributed by atoms with Crippen LogP contribution in [0.1, 0.15) is 0 Å². The van der Waals surface area contributed by atoms with E-state index in [0.29, 0.717) is 0 Å². The molecular formula is C7H11Fe. The summed E-state index contributed by atoms with van der Waals surface area (Å²) < 4.78 is 0. The summed E-state index contributed by atoms with van der Waals surface area (Å²) in [6.07, 6.45) is 0. The smallest absolute Gasteiger partial charge is 0.358 e. The second-order valence-electron chi connectivity index (χ2n) is 0.962. The van der Waals surface area contributed by atoms with Gasteiger partial charge < -0.3 is 14.9 Å². The number of hydrogen-bond acceptors (Lipinski definition) is 0. The molecule has 0 aliphatic rings. The third-order valence-corrected chi connectivity index (χ3v) is 0.556. The fraction of sp³-hybridized carbons (Fsp3) is 0. The average Bonchev–Trinajstić information content (AvgIpc) is 1.76. The van der Waals surface area contributed by atoms with Gasteiger partial charge in [-0.3, -0.25) is 0 Å². The quantitative estimate of drug-likeness (QED) is 0.394. The van der Waals surface area contributed by atoms with Crippen molar-refractivity contribution < 1.29 is 17.1 Å². The molecule has 0 aliphatic carbocycles. The first-order chi connectivity index (χ1) is 2.50. The molecule has 0 atom stereocenters. The van der Waals surface area contributed by atoms with Crippen molar-refractivity contribution in [3.8, 4) is 0 Å². The molecule has 0 spiro atoms. The molecular weight excluding hydrogens is 140 g/mol. The Morgan fingerprint density at radius 1 is 0.875 bits per heavy atom. The minimum atomic E-state index is 0. The standard InChI is InChI=1S/C5H5.2CH3.Fe/c1-2-4-5-3-1;;;/h1-5H;2*1H3;/q3*-1;+3. The number of rotatable bonds is 0. The summed E-state index contributed by atoms with van der Waals surface area (Å²) >= 11 is 0. The zero-order chi connectivity index (χ0) is 3.54. The molecule has 47 valence electrons. The normalized spacial score (nSPS) is 5.00. The molecule has 0 amide bonds. The zero-order valence-electron chi connectivity index (χ0n) is 5.24. The Morgan fingerprint density at radius 3 is 1.38 bits per heavy atom. The van der Waals surface area contributed by atoms with Gasteiger partial charge in [-0.15, -0.1) is 0 Å². The van der Waals surface area contributed by atoms with Gasteiger partial charge in [0.2, 0.25) is 0 Å². The predicted octanol–water partition coefficient (Wildman–Crippen LogP) is 2.30. The van der Waals surface area contributed by atoms with E-state index < -0.39 is 0 Å². The fourth-order valence-corrected chi connectivity index (χ4v) is 0.321. The monoisotopic (exact) mass is 151 g/mol. The van der Waals surface area contributed by atoms with Crippen molar-refractivity contribution in [2.75, 3.05) is 0 Å². The van der Waals surface area contributed by atoms with Crippen LogP contribution in [0.4, 0.5) is 0 Å². The molecule has 0 saturated heterocycles. The van der Waals surface area contributed by atoms with Crippen LogP contribution in [0.15, 0.2) is 30.3 Å². The molecule has 0 aliphatic heterocycles. The molecule has 1 radical (unpaired) electrons. The maximum Gasteiger partial charge on any atom is 3.00 e. The van der Waals surface area contributed by atoms with Crippen LogP contribution in [0.3, 0.4) is 0 Å². The molecule has 8 heavy (non-hydrogen) atoms. The third kappa shape index (κ3) is 5.87. The molecule has 0 N–H and O–H groups in total. The molecule has 1 aromatic carbocycles. The van der Waals surface area contributed by atoms with Gasteiger partial charge >= 0.3 is 17.1 Å². The summed E-state index contributed by atoms with van der Waals surface area (Å²) in [5.74, 6) is 0. The summed E-state index contributed by atoms with van der Waals surface area (Å²) in [6.45, 7) is 0. The second-order valence-corrected chi connectivity index (χ2v) is 0.962. The van der Waals surface area contributed by atoms with Crippen molar-refractivity contribution in [1.29, 1.82) is 0 Å². The Labute approximate surface area is 62.8 Å². The Balaban J connectivity index is -0.0000000833. The molecule has 0 nitrogen and oxygen atoms in total. The first kappa shape index (κ1) is 15.7. The van der Waals surface area contributed by atoms with Crippen molar-refractivity contribution >= 4 is 0 Å². The summed E-state index contributed by atoms with van der Waals surface area (Å²) in [5.41, 5.74) is 0. The molecule has 0 heterocycles. The van der Waals surface area contributed by atoms with Crippen LogP contribution in [0, 0.1) is 14.9 Å². The van der Waals surface area contributed by atoms with Crippen molar-refractivity contribution in [3.05, 3.63) is 45.2 Å². The molecule has 0 saturated carbocycles. The number of hydrogen-bond donors (Lipinski definition) is 0. The first-order valence-electron chi connectivity index (χ1n) is 1.67. The summed E-state index contributed by atoms with van der Waals surface area (Å²) in [4.78, 5) is 0. The van der Waals surface area contributed by atoms with Crippen LogP contribution in [0.25, 0.3) is 0 Å². The molecule has 0 unspecified atom stereocenters.